The van der Waals surface area contributed by atoms with E-state index in [1.54, 1.807) is 0 Å². The maximum absolute atomic E-state index is 9.03. The summed E-state index contributed by atoms with van der Waals surface area (Å²) in [4.78, 5) is 2.21. The lowest BCUT2D eigenvalue weighted by Crippen LogP contribution is -2.38. The van der Waals surface area contributed by atoms with Crippen molar-refractivity contribution in [2.24, 2.45) is 0 Å². The molecule has 2 nitrogen and oxygen atoms in total. The molecule has 0 amide bonds. The van der Waals surface area contributed by atoms with Gasteiger partial charge in [0.25, 0.3) is 0 Å². The second-order valence-electron chi connectivity index (χ2n) is 3.67. The first-order valence-corrected chi connectivity index (χ1v) is 5.13. The molecule has 0 N–H and O–H groups in total. The summed E-state index contributed by atoms with van der Waals surface area (Å²) in [5.41, 5.74) is 1.18. The van der Waals surface area contributed by atoms with E-state index < -0.39 is 0 Å². The van der Waals surface area contributed by atoms with Crippen molar-refractivity contribution < 1.29 is 0 Å². The average molecular weight is 186 g/mol. The first-order chi connectivity index (χ1) is 6.92. The van der Waals surface area contributed by atoms with Gasteiger partial charge in [0.05, 0.1) is 6.07 Å². The van der Waals surface area contributed by atoms with Crippen LogP contribution in [0.5, 0.6) is 0 Å². The Kier molecular flexibility index (Phi) is 2.69. The van der Waals surface area contributed by atoms with E-state index in [9.17, 15) is 0 Å². The predicted molar refractivity (Wildman–Crippen MR) is 57.0 cm³/mol. The van der Waals surface area contributed by atoms with Gasteiger partial charge in [0, 0.05) is 12.2 Å². The molecule has 1 aromatic carbocycles. The Hall–Kier alpha value is -1.49. The number of piperidine rings is 1. The number of rotatable bonds is 1. The van der Waals surface area contributed by atoms with Crippen molar-refractivity contribution in [3.05, 3.63) is 30.3 Å². The van der Waals surface area contributed by atoms with Crippen molar-refractivity contribution in [1.29, 1.82) is 5.26 Å². The zero-order valence-corrected chi connectivity index (χ0v) is 8.19. The van der Waals surface area contributed by atoms with Crippen molar-refractivity contribution in [3.63, 3.8) is 0 Å². The number of nitriles is 1. The molecular formula is C12H14N2. The van der Waals surface area contributed by atoms with Crippen LogP contribution in [0.4, 0.5) is 5.69 Å². The van der Waals surface area contributed by atoms with Crippen LogP contribution in [0.2, 0.25) is 0 Å². The van der Waals surface area contributed by atoms with E-state index in [-0.39, 0.29) is 6.04 Å². The molecule has 0 spiro atoms. The van der Waals surface area contributed by atoms with Crippen molar-refractivity contribution in [2.75, 3.05) is 11.4 Å². The highest BCUT2D eigenvalue weighted by Gasteiger charge is 2.21. The van der Waals surface area contributed by atoms with Crippen LogP contribution in [0.25, 0.3) is 0 Å². The Labute approximate surface area is 84.8 Å². The summed E-state index contributed by atoms with van der Waals surface area (Å²) < 4.78 is 0. The van der Waals surface area contributed by atoms with Crippen LogP contribution in [0.3, 0.4) is 0 Å². The van der Waals surface area contributed by atoms with E-state index >= 15 is 0 Å². The van der Waals surface area contributed by atoms with E-state index in [1.165, 1.54) is 18.5 Å². The monoisotopic (exact) mass is 186 g/mol. The highest BCUT2D eigenvalue weighted by atomic mass is 15.2. The summed E-state index contributed by atoms with van der Waals surface area (Å²) in [6.07, 6.45) is 3.39. The van der Waals surface area contributed by atoms with E-state index in [0.717, 1.165) is 13.0 Å². The molecule has 1 aliphatic rings. The molecule has 1 heterocycles. The van der Waals surface area contributed by atoms with Gasteiger partial charge in [0.1, 0.15) is 6.04 Å². The smallest absolute Gasteiger partial charge is 0.116 e. The third-order valence-electron chi connectivity index (χ3n) is 2.74. The molecule has 2 rings (SSSR count). The quantitative estimate of drug-likeness (QED) is 0.674. The molecule has 1 aromatic rings. The second kappa shape index (κ2) is 4.15. The summed E-state index contributed by atoms with van der Waals surface area (Å²) in [7, 11) is 0. The highest BCUT2D eigenvalue weighted by Crippen LogP contribution is 2.23. The van der Waals surface area contributed by atoms with Crippen molar-refractivity contribution in [3.8, 4) is 6.07 Å². The number of benzene rings is 1. The molecule has 1 fully saturated rings. The SMILES string of the molecule is N#C[C@@H]1CCCCN1c1ccccc1. The normalized spacial score (nSPS) is 21.6. The minimum Gasteiger partial charge on any atom is -0.356 e. The average Bonchev–Trinajstić information content (AvgIpc) is 2.30. The Balaban J connectivity index is 2.20. The summed E-state index contributed by atoms with van der Waals surface area (Å²) in [5, 5.41) is 9.03. The first-order valence-electron chi connectivity index (χ1n) is 5.13. The van der Waals surface area contributed by atoms with Crippen molar-refractivity contribution in [1.82, 2.24) is 0 Å². The summed E-state index contributed by atoms with van der Waals surface area (Å²) in [6, 6.07) is 12.7. The van der Waals surface area contributed by atoms with E-state index in [1.807, 2.05) is 18.2 Å². The summed E-state index contributed by atoms with van der Waals surface area (Å²) >= 11 is 0. The Morgan fingerprint density at radius 1 is 1.21 bits per heavy atom. The molecule has 14 heavy (non-hydrogen) atoms. The molecule has 1 atom stereocenters. The third-order valence-corrected chi connectivity index (χ3v) is 2.74. The number of hydrogen-bond acceptors (Lipinski definition) is 2. The van der Waals surface area contributed by atoms with Crippen LogP contribution >= 0.6 is 0 Å². The standard InChI is InChI=1S/C12H14N2/c13-10-12-8-4-5-9-14(12)11-6-2-1-3-7-11/h1-3,6-7,12H,4-5,8-9H2/t12-/m0/s1. The van der Waals surface area contributed by atoms with Crippen LogP contribution in [-0.4, -0.2) is 12.6 Å². The lowest BCUT2D eigenvalue weighted by Gasteiger charge is -2.33. The van der Waals surface area contributed by atoms with Crippen LogP contribution in [-0.2, 0) is 0 Å². The molecule has 0 aromatic heterocycles. The minimum atomic E-state index is 0.0751. The fraction of sp³-hybridized carbons (Fsp3) is 0.417. The largest absolute Gasteiger partial charge is 0.356 e. The van der Waals surface area contributed by atoms with E-state index in [2.05, 4.69) is 23.1 Å². The van der Waals surface area contributed by atoms with E-state index in [0.29, 0.717) is 0 Å². The fourth-order valence-corrected chi connectivity index (χ4v) is 1.99. The third kappa shape index (κ3) is 1.72. The highest BCUT2D eigenvalue weighted by molar-refractivity contribution is 5.48. The number of nitrogens with zero attached hydrogens (tertiary/aromatic N) is 2. The van der Waals surface area contributed by atoms with Crippen molar-refractivity contribution in [2.45, 2.75) is 25.3 Å². The van der Waals surface area contributed by atoms with Gasteiger partial charge in [-0.05, 0) is 31.4 Å². The maximum atomic E-state index is 9.03. The molecule has 0 aliphatic carbocycles. The zero-order chi connectivity index (χ0) is 9.80. The Morgan fingerprint density at radius 2 is 2.00 bits per heavy atom. The van der Waals surface area contributed by atoms with Gasteiger partial charge >= 0.3 is 0 Å². The molecule has 0 saturated carbocycles. The molecule has 0 bridgehead atoms. The Morgan fingerprint density at radius 3 is 2.71 bits per heavy atom. The van der Waals surface area contributed by atoms with Crippen LogP contribution in [0, 0.1) is 11.3 Å². The fourth-order valence-electron chi connectivity index (χ4n) is 1.99. The number of para-hydroxylation sites is 1. The van der Waals surface area contributed by atoms with Crippen LogP contribution in [0.15, 0.2) is 30.3 Å². The lowest BCUT2D eigenvalue weighted by atomic mass is 10.0. The Bertz CT molecular complexity index is 326. The molecule has 72 valence electrons. The van der Waals surface area contributed by atoms with E-state index in [4.69, 9.17) is 5.26 Å². The van der Waals surface area contributed by atoms with Gasteiger partial charge in [-0.25, -0.2) is 0 Å². The van der Waals surface area contributed by atoms with Gasteiger partial charge in [-0.2, -0.15) is 5.26 Å². The molecular weight excluding hydrogens is 172 g/mol. The predicted octanol–water partition coefficient (Wildman–Crippen LogP) is 2.57. The topological polar surface area (TPSA) is 27.0 Å². The number of anilines is 1. The summed E-state index contributed by atoms with van der Waals surface area (Å²) in [6.45, 7) is 1.02. The molecule has 0 radical (unpaired) electrons. The first kappa shape index (κ1) is 9.08. The van der Waals surface area contributed by atoms with Gasteiger partial charge in [-0.3, -0.25) is 0 Å². The molecule has 0 unspecified atom stereocenters. The molecule has 1 saturated heterocycles. The van der Waals surface area contributed by atoms with Gasteiger partial charge < -0.3 is 4.90 Å². The van der Waals surface area contributed by atoms with Gasteiger partial charge in [0.15, 0.2) is 0 Å². The summed E-state index contributed by atoms with van der Waals surface area (Å²) in [5.74, 6) is 0. The van der Waals surface area contributed by atoms with Gasteiger partial charge in [0.2, 0.25) is 0 Å². The minimum absolute atomic E-state index is 0.0751. The molecule has 1 aliphatic heterocycles. The lowest BCUT2D eigenvalue weighted by molar-refractivity contribution is 0.521. The van der Waals surface area contributed by atoms with Crippen LogP contribution in [0.1, 0.15) is 19.3 Å². The van der Waals surface area contributed by atoms with Gasteiger partial charge in [-0.15, -0.1) is 0 Å². The zero-order valence-electron chi connectivity index (χ0n) is 8.19. The maximum Gasteiger partial charge on any atom is 0.116 e. The van der Waals surface area contributed by atoms with Gasteiger partial charge in [-0.1, -0.05) is 18.2 Å². The second-order valence-corrected chi connectivity index (χ2v) is 3.67. The number of hydrogen-bond donors (Lipinski definition) is 0. The van der Waals surface area contributed by atoms with Crippen LogP contribution < -0.4 is 4.90 Å². The molecule has 2 heteroatoms. The van der Waals surface area contributed by atoms with Crippen molar-refractivity contribution >= 4 is 5.69 Å².